The number of hydrogen-bond donors (Lipinski definition) is 1. The third-order valence-corrected chi connectivity index (χ3v) is 7.40. The molecule has 0 bridgehead atoms. The summed E-state index contributed by atoms with van der Waals surface area (Å²) in [5.74, 6) is -0.333. The number of aromatic nitrogens is 1. The third kappa shape index (κ3) is 5.51. The number of hydrogen-bond acceptors (Lipinski definition) is 4. The van der Waals surface area contributed by atoms with Gasteiger partial charge >= 0.3 is 0 Å². The molecule has 0 saturated carbocycles. The van der Waals surface area contributed by atoms with Crippen LogP contribution in [-0.4, -0.2) is 25.9 Å². The van der Waals surface area contributed by atoms with Gasteiger partial charge in [0.05, 0.1) is 4.90 Å². The number of carbonyl (C=O) groups excluding carboxylic acids is 1. The number of halogens is 1. The van der Waals surface area contributed by atoms with Gasteiger partial charge in [0.25, 0.3) is 5.91 Å². The number of sulfone groups is 1. The van der Waals surface area contributed by atoms with Crippen molar-refractivity contribution >= 4 is 27.3 Å². The van der Waals surface area contributed by atoms with E-state index in [9.17, 15) is 13.2 Å². The van der Waals surface area contributed by atoms with Crippen molar-refractivity contribution in [2.45, 2.75) is 36.3 Å². The number of carbonyl (C=O) groups is 1. The van der Waals surface area contributed by atoms with Crippen LogP contribution in [0.2, 0.25) is 5.02 Å². The summed E-state index contributed by atoms with van der Waals surface area (Å²) in [6.07, 6.45) is 3.08. The Labute approximate surface area is 188 Å². The van der Waals surface area contributed by atoms with Crippen LogP contribution in [0.4, 0.5) is 0 Å². The number of amides is 1. The van der Waals surface area contributed by atoms with E-state index in [0.29, 0.717) is 16.1 Å². The molecule has 3 aromatic rings. The first kappa shape index (κ1) is 23.0. The Morgan fingerprint density at radius 3 is 2.23 bits per heavy atom. The van der Waals surface area contributed by atoms with Crippen molar-refractivity contribution in [1.82, 2.24) is 10.3 Å². The fourth-order valence-corrected chi connectivity index (χ4v) is 4.94. The maximum absolute atomic E-state index is 13.3. The Morgan fingerprint density at radius 2 is 1.68 bits per heavy atom. The predicted octanol–water partition coefficient (Wildman–Crippen LogP) is 4.98. The fourth-order valence-electron chi connectivity index (χ4n) is 3.17. The first-order chi connectivity index (χ1) is 14.6. The van der Waals surface area contributed by atoms with Crippen molar-refractivity contribution in [1.29, 1.82) is 0 Å². The summed E-state index contributed by atoms with van der Waals surface area (Å²) in [4.78, 5) is 16.9. The highest BCUT2D eigenvalue weighted by atomic mass is 35.5. The van der Waals surface area contributed by atoms with E-state index < -0.39 is 15.1 Å². The van der Waals surface area contributed by atoms with Gasteiger partial charge in [-0.05, 0) is 59.0 Å². The van der Waals surface area contributed by atoms with Gasteiger partial charge in [-0.1, -0.05) is 50.6 Å². The number of rotatable bonds is 6. The van der Waals surface area contributed by atoms with Crippen LogP contribution in [0.3, 0.4) is 0 Å². The minimum absolute atomic E-state index is 0.0208. The SMILES string of the molecule is CC(C)(C)c1ccc(C(=O)NC[C@H](c2cccnc2)S(=O)(=O)c2ccc(Cl)cc2)cc1. The lowest BCUT2D eigenvalue weighted by Gasteiger charge is -2.20. The van der Waals surface area contributed by atoms with Crippen LogP contribution in [0.5, 0.6) is 0 Å². The average molecular weight is 457 g/mol. The molecular formula is C24H25ClN2O3S. The first-order valence-electron chi connectivity index (χ1n) is 9.87. The molecule has 2 aromatic carbocycles. The fraction of sp³-hybridized carbons (Fsp3) is 0.250. The molecule has 0 aliphatic carbocycles. The van der Waals surface area contributed by atoms with Gasteiger partial charge in [-0.15, -0.1) is 0 Å². The summed E-state index contributed by atoms with van der Waals surface area (Å²) < 4.78 is 26.7. The smallest absolute Gasteiger partial charge is 0.251 e. The van der Waals surface area contributed by atoms with Gasteiger partial charge in [0.15, 0.2) is 9.84 Å². The molecule has 31 heavy (non-hydrogen) atoms. The van der Waals surface area contributed by atoms with E-state index in [4.69, 9.17) is 11.6 Å². The molecule has 162 valence electrons. The highest BCUT2D eigenvalue weighted by molar-refractivity contribution is 7.91. The quantitative estimate of drug-likeness (QED) is 0.567. The second-order valence-corrected chi connectivity index (χ2v) is 10.9. The van der Waals surface area contributed by atoms with Gasteiger partial charge in [-0.2, -0.15) is 0 Å². The molecule has 0 radical (unpaired) electrons. The second kappa shape index (κ2) is 9.20. The molecule has 1 atom stereocenters. The van der Waals surface area contributed by atoms with Crippen LogP contribution in [0, 0.1) is 0 Å². The molecule has 1 aromatic heterocycles. The van der Waals surface area contributed by atoms with Gasteiger partial charge in [0.1, 0.15) is 5.25 Å². The van der Waals surface area contributed by atoms with Gasteiger partial charge in [-0.3, -0.25) is 9.78 Å². The van der Waals surface area contributed by atoms with Crippen molar-refractivity contribution in [3.05, 3.63) is 94.8 Å². The third-order valence-electron chi connectivity index (χ3n) is 5.03. The average Bonchev–Trinajstić information content (AvgIpc) is 2.74. The number of nitrogens with one attached hydrogen (secondary N) is 1. The Balaban J connectivity index is 1.84. The summed E-state index contributed by atoms with van der Waals surface area (Å²) in [6.45, 7) is 6.21. The van der Waals surface area contributed by atoms with Crippen molar-refractivity contribution < 1.29 is 13.2 Å². The van der Waals surface area contributed by atoms with Crippen LogP contribution in [0.25, 0.3) is 0 Å². The van der Waals surface area contributed by atoms with Crippen molar-refractivity contribution in [2.24, 2.45) is 0 Å². The van der Waals surface area contributed by atoms with E-state index in [1.54, 1.807) is 30.5 Å². The zero-order valence-corrected chi connectivity index (χ0v) is 19.2. The lowest BCUT2D eigenvalue weighted by molar-refractivity contribution is 0.0953. The number of benzene rings is 2. The van der Waals surface area contributed by atoms with E-state index >= 15 is 0 Å². The number of nitrogens with zero attached hydrogens (tertiary/aromatic N) is 1. The Morgan fingerprint density at radius 1 is 1.03 bits per heavy atom. The monoisotopic (exact) mass is 456 g/mol. The topological polar surface area (TPSA) is 76.1 Å². The molecule has 3 rings (SSSR count). The van der Waals surface area contributed by atoms with Gasteiger partial charge in [0, 0.05) is 29.5 Å². The molecule has 0 aliphatic heterocycles. The van der Waals surface area contributed by atoms with Crippen molar-refractivity contribution in [3.8, 4) is 0 Å². The first-order valence-corrected chi connectivity index (χ1v) is 11.8. The summed E-state index contributed by atoms with van der Waals surface area (Å²) in [5, 5.41) is 2.23. The van der Waals surface area contributed by atoms with Gasteiger partial charge in [-0.25, -0.2) is 8.42 Å². The van der Waals surface area contributed by atoms with E-state index in [1.165, 1.54) is 30.5 Å². The standard InChI is InChI=1S/C24H25ClN2O3S/c1-24(2,3)19-8-6-17(7-9-19)23(28)27-16-22(18-5-4-14-26-15-18)31(29,30)21-12-10-20(25)11-13-21/h4-15,22H,16H2,1-3H3,(H,27,28)/t22-/m1/s1. The highest BCUT2D eigenvalue weighted by Crippen LogP contribution is 2.29. The molecule has 1 amide bonds. The van der Waals surface area contributed by atoms with E-state index in [2.05, 4.69) is 31.1 Å². The molecular weight excluding hydrogens is 432 g/mol. The van der Waals surface area contributed by atoms with E-state index in [0.717, 1.165) is 5.56 Å². The maximum atomic E-state index is 13.3. The lowest BCUT2D eigenvalue weighted by Crippen LogP contribution is -2.32. The summed E-state index contributed by atoms with van der Waals surface area (Å²) in [5.41, 5.74) is 2.07. The minimum atomic E-state index is -3.79. The van der Waals surface area contributed by atoms with Crippen molar-refractivity contribution in [2.75, 3.05) is 6.54 Å². The molecule has 5 nitrogen and oxygen atoms in total. The largest absolute Gasteiger partial charge is 0.350 e. The zero-order chi connectivity index (χ0) is 22.6. The summed E-state index contributed by atoms with van der Waals surface area (Å²) >= 11 is 5.91. The summed E-state index contributed by atoms with van der Waals surface area (Å²) in [7, 11) is -3.79. The Kier molecular flexibility index (Phi) is 6.82. The molecule has 0 unspecified atom stereocenters. The molecule has 1 N–H and O–H groups in total. The van der Waals surface area contributed by atoms with E-state index in [-0.39, 0.29) is 22.8 Å². The number of pyridine rings is 1. The van der Waals surface area contributed by atoms with Crippen LogP contribution in [-0.2, 0) is 15.3 Å². The summed E-state index contributed by atoms with van der Waals surface area (Å²) in [6, 6.07) is 16.7. The van der Waals surface area contributed by atoms with Gasteiger partial charge in [0.2, 0.25) is 0 Å². The molecule has 0 saturated heterocycles. The van der Waals surface area contributed by atoms with Gasteiger partial charge < -0.3 is 5.32 Å². The molecule has 1 heterocycles. The minimum Gasteiger partial charge on any atom is -0.350 e. The molecule has 0 spiro atoms. The van der Waals surface area contributed by atoms with Crippen molar-refractivity contribution in [3.63, 3.8) is 0 Å². The van der Waals surface area contributed by atoms with Crippen LogP contribution < -0.4 is 5.32 Å². The van der Waals surface area contributed by atoms with Crippen LogP contribution in [0.1, 0.15) is 47.5 Å². The molecule has 0 aliphatic rings. The zero-order valence-electron chi connectivity index (χ0n) is 17.7. The molecule has 7 heteroatoms. The maximum Gasteiger partial charge on any atom is 0.251 e. The normalized spacial score (nSPS) is 12.9. The lowest BCUT2D eigenvalue weighted by atomic mass is 9.87. The molecule has 0 fully saturated rings. The van der Waals surface area contributed by atoms with Crippen LogP contribution >= 0.6 is 11.6 Å². The van der Waals surface area contributed by atoms with E-state index in [1.807, 2.05) is 12.1 Å². The Bertz CT molecular complexity index is 1140. The Hall–Kier alpha value is -2.70. The van der Waals surface area contributed by atoms with Crippen LogP contribution in [0.15, 0.2) is 78.0 Å². The second-order valence-electron chi connectivity index (χ2n) is 8.31. The predicted molar refractivity (Wildman–Crippen MR) is 123 cm³/mol. The highest BCUT2D eigenvalue weighted by Gasteiger charge is 2.30.